The van der Waals surface area contributed by atoms with Crippen molar-refractivity contribution >= 4 is 21.9 Å². The molecule has 0 aromatic heterocycles. The Kier molecular flexibility index (Phi) is 5.41. The van der Waals surface area contributed by atoms with Gasteiger partial charge in [-0.05, 0) is 47.5 Å². The van der Waals surface area contributed by atoms with E-state index in [2.05, 4.69) is 15.9 Å². The molecule has 3 nitrogen and oxygen atoms in total. The quantitative estimate of drug-likeness (QED) is 0.783. The summed E-state index contributed by atoms with van der Waals surface area (Å²) in [6.07, 6.45) is -0.166. The minimum atomic E-state index is -0.660. The molecule has 0 saturated heterocycles. The van der Waals surface area contributed by atoms with Gasteiger partial charge in [0.25, 0.3) is 0 Å². The van der Waals surface area contributed by atoms with Crippen molar-refractivity contribution in [2.45, 2.75) is 26.4 Å². The van der Waals surface area contributed by atoms with Gasteiger partial charge in [-0.25, -0.2) is 9.18 Å². The van der Waals surface area contributed by atoms with Gasteiger partial charge in [-0.2, -0.15) is 0 Å². The molecule has 1 atom stereocenters. The second kappa shape index (κ2) is 6.59. The van der Waals surface area contributed by atoms with Crippen LogP contribution in [0.25, 0.3) is 0 Å². The third-order valence-electron chi connectivity index (χ3n) is 2.09. The van der Waals surface area contributed by atoms with Crippen molar-refractivity contribution in [3.05, 3.63) is 28.5 Å². The van der Waals surface area contributed by atoms with Crippen LogP contribution in [0.1, 0.15) is 20.3 Å². The average molecular weight is 305 g/mol. The van der Waals surface area contributed by atoms with E-state index in [9.17, 15) is 9.18 Å². The van der Waals surface area contributed by atoms with Crippen molar-refractivity contribution in [3.8, 4) is 5.75 Å². The predicted molar refractivity (Wildman–Crippen MR) is 65.4 cm³/mol. The van der Waals surface area contributed by atoms with Crippen LogP contribution in [0.15, 0.2) is 22.7 Å². The van der Waals surface area contributed by atoms with Crippen molar-refractivity contribution in [2.75, 3.05) is 6.61 Å². The van der Waals surface area contributed by atoms with E-state index in [-0.39, 0.29) is 5.82 Å². The summed E-state index contributed by atoms with van der Waals surface area (Å²) in [5.74, 6) is -0.352. The highest BCUT2D eigenvalue weighted by molar-refractivity contribution is 9.10. The number of rotatable bonds is 5. The minimum absolute atomic E-state index is 0.300. The first-order valence-electron chi connectivity index (χ1n) is 5.36. The number of hydrogen-bond acceptors (Lipinski definition) is 3. The molecule has 0 N–H and O–H groups in total. The van der Waals surface area contributed by atoms with Gasteiger partial charge in [-0.15, -0.1) is 0 Å². The van der Waals surface area contributed by atoms with Gasteiger partial charge >= 0.3 is 5.97 Å². The molecule has 0 bridgehead atoms. The Balaban J connectivity index is 2.73. The summed E-state index contributed by atoms with van der Waals surface area (Å²) < 4.78 is 23.6. The molecule has 0 radical (unpaired) electrons. The number of esters is 1. The highest BCUT2D eigenvalue weighted by atomic mass is 79.9. The average Bonchev–Trinajstić information content (AvgIpc) is 2.30. The Morgan fingerprint density at radius 1 is 1.47 bits per heavy atom. The minimum Gasteiger partial charge on any atom is -0.479 e. The summed E-state index contributed by atoms with van der Waals surface area (Å²) in [6, 6.07) is 4.23. The van der Waals surface area contributed by atoms with Gasteiger partial charge in [-0.3, -0.25) is 0 Å². The first kappa shape index (κ1) is 14.0. The van der Waals surface area contributed by atoms with Crippen LogP contribution in [0.2, 0.25) is 0 Å². The molecule has 1 aromatic rings. The predicted octanol–water partition coefficient (Wildman–Crippen LogP) is 3.31. The lowest BCUT2D eigenvalue weighted by atomic mass is 10.2. The van der Waals surface area contributed by atoms with Crippen LogP contribution in [0, 0.1) is 5.82 Å². The van der Waals surface area contributed by atoms with E-state index in [1.54, 1.807) is 6.92 Å². The number of halogens is 2. The third-order valence-corrected chi connectivity index (χ3v) is 2.70. The number of ether oxygens (including phenoxy) is 2. The summed E-state index contributed by atoms with van der Waals surface area (Å²) in [5, 5.41) is 0. The van der Waals surface area contributed by atoms with E-state index < -0.39 is 12.1 Å². The fourth-order valence-corrected chi connectivity index (χ4v) is 1.61. The molecule has 1 aromatic carbocycles. The Morgan fingerprint density at radius 3 is 2.71 bits per heavy atom. The number of benzene rings is 1. The molecule has 1 unspecified atom stereocenters. The number of hydrogen-bond donors (Lipinski definition) is 0. The summed E-state index contributed by atoms with van der Waals surface area (Å²) >= 11 is 3.05. The maximum absolute atomic E-state index is 13.0. The molecule has 0 heterocycles. The molecule has 0 aliphatic carbocycles. The zero-order chi connectivity index (χ0) is 12.8. The Morgan fingerprint density at radius 2 is 2.18 bits per heavy atom. The molecule has 0 amide bonds. The van der Waals surface area contributed by atoms with Crippen molar-refractivity contribution in [1.29, 1.82) is 0 Å². The maximum atomic E-state index is 13.0. The molecule has 0 aliphatic rings. The number of carbonyl (C=O) groups excluding carboxylic acids is 1. The molecule has 17 heavy (non-hydrogen) atoms. The zero-order valence-corrected chi connectivity index (χ0v) is 11.3. The zero-order valence-electron chi connectivity index (χ0n) is 9.70. The van der Waals surface area contributed by atoms with Crippen molar-refractivity contribution < 1.29 is 18.7 Å². The molecule has 94 valence electrons. The van der Waals surface area contributed by atoms with Crippen LogP contribution in [0.5, 0.6) is 5.75 Å². The van der Waals surface area contributed by atoms with Crippen LogP contribution in [0.3, 0.4) is 0 Å². The van der Waals surface area contributed by atoms with Gasteiger partial charge in [0.15, 0.2) is 6.10 Å². The highest BCUT2D eigenvalue weighted by Crippen LogP contribution is 2.23. The van der Waals surface area contributed by atoms with Crippen LogP contribution in [-0.2, 0) is 9.53 Å². The molecule has 0 spiro atoms. The van der Waals surface area contributed by atoms with Gasteiger partial charge in [0, 0.05) is 0 Å². The van der Waals surface area contributed by atoms with E-state index in [1.807, 2.05) is 6.92 Å². The Hall–Kier alpha value is -1.10. The summed E-state index contributed by atoms with van der Waals surface area (Å²) in [4.78, 5) is 11.5. The van der Waals surface area contributed by atoms with Gasteiger partial charge in [0.05, 0.1) is 11.1 Å². The molecule has 0 saturated carbocycles. The lowest BCUT2D eigenvalue weighted by Crippen LogP contribution is -2.28. The fourth-order valence-electron chi connectivity index (χ4n) is 1.25. The normalized spacial score (nSPS) is 12.0. The van der Waals surface area contributed by atoms with Gasteiger partial charge in [0.2, 0.25) is 0 Å². The summed E-state index contributed by atoms with van der Waals surface area (Å²) in [5.41, 5.74) is 0. The molecular weight excluding hydrogens is 291 g/mol. The monoisotopic (exact) mass is 304 g/mol. The van der Waals surface area contributed by atoms with Gasteiger partial charge in [-0.1, -0.05) is 6.92 Å². The SMILES string of the molecule is CCOC(=O)C(CC)Oc1ccc(F)c(Br)c1. The first-order chi connectivity index (χ1) is 8.08. The van der Waals surface area contributed by atoms with Gasteiger partial charge < -0.3 is 9.47 Å². The van der Waals surface area contributed by atoms with Crippen molar-refractivity contribution in [2.24, 2.45) is 0 Å². The second-order valence-electron chi connectivity index (χ2n) is 3.34. The highest BCUT2D eigenvalue weighted by Gasteiger charge is 2.19. The third kappa shape index (κ3) is 4.00. The summed E-state index contributed by atoms with van der Waals surface area (Å²) in [7, 11) is 0. The summed E-state index contributed by atoms with van der Waals surface area (Å²) in [6.45, 7) is 3.87. The lowest BCUT2D eigenvalue weighted by molar-refractivity contribution is -0.151. The van der Waals surface area contributed by atoms with Crippen LogP contribution in [-0.4, -0.2) is 18.7 Å². The van der Waals surface area contributed by atoms with E-state index in [4.69, 9.17) is 9.47 Å². The fraction of sp³-hybridized carbons (Fsp3) is 0.417. The van der Waals surface area contributed by atoms with E-state index in [0.717, 1.165) is 0 Å². The van der Waals surface area contributed by atoms with Crippen LogP contribution >= 0.6 is 15.9 Å². The topological polar surface area (TPSA) is 35.5 Å². The standard InChI is InChI=1S/C12H14BrFO3/c1-3-11(12(15)16-4-2)17-8-5-6-10(14)9(13)7-8/h5-7,11H,3-4H2,1-2H3. The molecule has 5 heteroatoms. The first-order valence-corrected chi connectivity index (χ1v) is 6.16. The smallest absolute Gasteiger partial charge is 0.347 e. The maximum Gasteiger partial charge on any atom is 0.347 e. The Labute approximate surface area is 108 Å². The van der Waals surface area contributed by atoms with Crippen LogP contribution < -0.4 is 4.74 Å². The molecule has 0 aliphatic heterocycles. The number of carbonyl (C=O) groups is 1. The molecule has 1 rings (SSSR count). The van der Waals surface area contributed by atoms with Gasteiger partial charge in [0.1, 0.15) is 11.6 Å². The Bertz CT molecular complexity index is 395. The second-order valence-corrected chi connectivity index (χ2v) is 4.20. The molecular formula is C12H14BrFO3. The van der Waals surface area contributed by atoms with E-state index in [0.29, 0.717) is 23.2 Å². The molecule has 0 fully saturated rings. The van der Waals surface area contributed by atoms with Crippen LogP contribution in [0.4, 0.5) is 4.39 Å². The van der Waals surface area contributed by atoms with E-state index in [1.165, 1.54) is 18.2 Å². The lowest BCUT2D eigenvalue weighted by Gasteiger charge is -2.16. The van der Waals surface area contributed by atoms with Crippen molar-refractivity contribution in [3.63, 3.8) is 0 Å². The van der Waals surface area contributed by atoms with Crippen molar-refractivity contribution in [1.82, 2.24) is 0 Å². The largest absolute Gasteiger partial charge is 0.479 e. The van der Waals surface area contributed by atoms with E-state index >= 15 is 0 Å².